The van der Waals surface area contributed by atoms with E-state index in [2.05, 4.69) is 36.6 Å². The SMILES string of the molecule is C[N+]1=C(/C=C(\C#N)c2ccc(C(C#N)C#N)cc2)C(C)(C)c2ccccc21. The summed E-state index contributed by atoms with van der Waals surface area (Å²) in [4.78, 5) is 0. The summed E-state index contributed by atoms with van der Waals surface area (Å²) in [6.45, 7) is 4.31. The molecule has 4 heteroatoms. The largest absolute Gasteiger partial charge is 0.209 e. The van der Waals surface area contributed by atoms with Gasteiger partial charge in [0.25, 0.3) is 0 Å². The minimum Gasteiger partial charge on any atom is -0.198 e. The van der Waals surface area contributed by atoms with Gasteiger partial charge in [-0.3, -0.25) is 0 Å². The molecule has 0 atom stereocenters. The lowest BCUT2D eigenvalue weighted by Gasteiger charge is -2.15. The number of allylic oxidation sites excluding steroid dienone is 2. The Kier molecular flexibility index (Phi) is 4.64. The number of nitriles is 3. The second-order valence-corrected chi connectivity index (χ2v) is 7.07. The van der Waals surface area contributed by atoms with Crippen molar-refractivity contribution in [2.24, 2.45) is 0 Å². The number of hydrogen-bond acceptors (Lipinski definition) is 3. The number of hydrogen-bond donors (Lipinski definition) is 0. The van der Waals surface area contributed by atoms with E-state index in [1.165, 1.54) is 5.56 Å². The van der Waals surface area contributed by atoms with Gasteiger partial charge in [0, 0.05) is 17.7 Å². The molecule has 2 aromatic carbocycles. The first-order valence-electron chi connectivity index (χ1n) is 8.66. The average molecular weight is 351 g/mol. The van der Waals surface area contributed by atoms with Crippen LogP contribution in [-0.4, -0.2) is 17.3 Å². The fraction of sp³-hybridized carbons (Fsp3) is 0.217. The molecular formula is C23H19N4+. The molecule has 0 bridgehead atoms. The molecule has 0 amide bonds. The highest BCUT2D eigenvalue weighted by Crippen LogP contribution is 2.39. The van der Waals surface area contributed by atoms with Gasteiger partial charge in [-0.1, -0.05) is 42.5 Å². The Balaban J connectivity index is 2.04. The molecule has 130 valence electrons. The van der Waals surface area contributed by atoms with Crippen molar-refractivity contribution in [1.29, 1.82) is 15.8 Å². The first-order chi connectivity index (χ1) is 12.9. The summed E-state index contributed by atoms with van der Waals surface area (Å²) in [6, 6.07) is 21.5. The van der Waals surface area contributed by atoms with E-state index in [1.807, 2.05) is 37.4 Å². The Labute approximate surface area is 159 Å². The third-order valence-electron chi connectivity index (χ3n) is 5.16. The van der Waals surface area contributed by atoms with Crippen molar-refractivity contribution in [1.82, 2.24) is 0 Å². The molecule has 2 aromatic rings. The lowest BCUT2D eigenvalue weighted by Crippen LogP contribution is -2.27. The fourth-order valence-electron chi connectivity index (χ4n) is 3.61. The monoisotopic (exact) mass is 351 g/mol. The molecule has 0 aromatic heterocycles. The second-order valence-electron chi connectivity index (χ2n) is 7.07. The van der Waals surface area contributed by atoms with E-state index in [0.717, 1.165) is 17.0 Å². The molecule has 0 fully saturated rings. The highest BCUT2D eigenvalue weighted by Gasteiger charge is 2.43. The van der Waals surface area contributed by atoms with Crippen molar-refractivity contribution in [3.05, 3.63) is 71.3 Å². The number of rotatable bonds is 3. The second kappa shape index (κ2) is 6.91. The van der Waals surface area contributed by atoms with Crippen LogP contribution in [0.2, 0.25) is 0 Å². The van der Waals surface area contributed by atoms with Crippen molar-refractivity contribution < 1.29 is 4.58 Å². The molecular weight excluding hydrogens is 332 g/mol. The zero-order valence-corrected chi connectivity index (χ0v) is 15.6. The van der Waals surface area contributed by atoms with E-state index in [0.29, 0.717) is 11.1 Å². The smallest absolute Gasteiger partial charge is 0.198 e. The van der Waals surface area contributed by atoms with E-state index in [-0.39, 0.29) is 5.41 Å². The quantitative estimate of drug-likeness (QED) is 0.606. The van der Waals surface area contributed by atoms with Gasteiger partial charge in [-0.15, -0.1) is 0 Å². The molecule has 0 saturated heterocycles. The summed E-state index contributed by atoms with van der Waals surface area (Å²) in [5.41, 5.74) is 5.18. The Morgan fingerprint density at radius 3 is 2.19 bits per heavy atom. The van der Waals surface area contributed by atoms with E-state index in [9.17, 15) is 5.26 Å². The van der Waals surface area contributed by atoms with Crippen molar-refractivity contribution in [2.75, 3.05) is 7.05 Å². The van der Waals surface area contributed by atoms with Crippen LogP contribution in [0.5, 0.6) is 0 Å². The number of para-hydroxylation sites is 1. The van der Waals surface area contributed by atoms with E-state index in [4.69, 9.17) is 10.5 Å². The van der Waals surface area contributed by atoms with Gasteiger partial charge in [-0.25, -0.2) is 0 Å². The molecule has 3 rings (SSSR count). The Hall–Kier alpha value is -3.68. The van der Waals surface area contributed by atoms with Gasteiger partial charge in [0.15, 0.2) is 11.6 Å². The third kappa shape index (κ3) is 3.01. The van der Waals surface area contributed by atoms with Gasteiger partial charge in [-0.2, -0.15) is 20.4 Å². The normalized spacial score (nSPS) is 15.1. The van der Waals surface area contributed by atoms with Crippen LogP contribution in [0.3, 0.4) is 0 Å². The van der Waals surface area contributed by atoms with E-state index in [1.54, 1.807) is 24.3 Å². The van der Waals surface area contributed by atoms with Crippen LogP contribution in [0.15, 0.2) is 54.6 Å². The van der Waals surface area contributed by atoms with Crippen LogP contribution in [0.25, 0.3) is 5.57 Å². The van der Waals surface area contributed by atoms with Crippen LogP contribution in [-0.2, 0) is 5.41 Å². The van der Waals surface area contributed by atoms with Crippen molar-refractivity contribution in [2.45, 2.75) is 25.2 Å². The summed E-state index contributed by atoms with van der Waals surface area (Å²) in [6.07, 6.45) is 1.93. The predicted molar refractivity (Wildman–Crippen MR) is 104 cm³/mol. The molecule has 1 heterocycles. The first kappa shape index (κ1) is 18.1. The Morgan fingerprint density at radius 1 is 1.00 bits per heavy atom. The predicted octanol–water partition coefficient (Wildman–Crippen LogP) is 4.43. The minimum absolute atomic E-state index is 0.208. The fourth-order valence-corrected chi connectivity index (χ4v) is 3.61. The molecule has 0 N–H and O–H groups in total. The van der Waals surface area contributed by atoms with E-state index >= 15 is 0 Å². The van der Waals surface area contributed by atoms with Gasteiger partial charge < -0.3 is 0 Å². The van der Waals surface area contributed by atoms with Crippen LogP contribution in [0.4, 0.5) is 5.69 Å². The van der Waals surface area contributed by atoms with Gasteiger partial charge in [0.05, 0.1) is 29.2 Å². The lowest BCUT2D eigenvalue weighted by molar-refractivity contribution is -0.401. The molecule has 0 unspecified atom stereocenters. The van der Waals surface area contributed by atoms with E-state index < -0.39 is 5.92 Å². The average Bonchev–Trinajstić information content (AvgIpc) is 2.88. The molecule has 0 aliphatic carbocycles. The Bertz CT molecular complexity index is 1070. The van der Waals surface area contributed by atoms with Crippen molar-refractivity contribution in [3.8, 4) is 18.2 Å². The maximum atomic E-state index is 9.73. The molecule has 0 spiro atoms. The summed E-state index contributed by atoms with van der Waals surface area (Å²) >= 11 is 0. The van der Waals surface area contributed by atoms with Crippen molar-refractivity contribution in [3.63, 3.8) is 0 Å². The highest BCUT2D eigenvalue weighted by atomic mass is 15.0. The number of fused-ring (bicyclic) bond motifs is 1. The summed E-state index contributed by atoms with van der Waals surface area (Å²) in [5.74, 6) is -0.794. The maximum Gasteiger partial charge on any atom is 0.209 e. The van der Waals surface area contributed by atoms with Crippen LogP contribution in [0, 0.1) is 34.0 Å². The number of benzene rings is 2. The van der Waals surface area contributed by atoms with Gasteiger partial charge in [0.1, 0.15) is 7.05 Å². The maximum absolute atomic E-state index is 9.73. The standard InChI is InChI=1S/C23H19N4/c1-23(2)20-6-4-5-7-21(20)27(3)22(23)12-18(13-24)16-8-10-17(11-9-16)19(14-25)15-26/h4-12,19H,1-3H3/q+1/b18-12+. The molecule has 27 heavy (non-hydrogen) atoms. The molecule has 1 aliphatic heterocycles. The van der Waals surface area contributed by atoms with Crippen LogP contribution in [0.1, 0.15) is 36.5 Å². The highest BCUT2D eigenvalue weighted by molar-refractivity contribution is 6.08. The lowest BCUT2D eigenvalue weighted by atomic mass is 9.80. The zero-order chi connectivity index (χ0) is 19.6. The minimum atomic E-state index is -0.794. The molecule has 0 saturated carbocycles. The van der Waals surface area contributed by atoms with Gasteiger partial charge in [-0.05, 0) is 25.0 Å². The summed E-state index contributed by atoms with van der Waals surface area (Å²) in [5, 5.41) is 27.8. The summed E-state index contributed by atoms with van der Waals surface area (Å²) < 4.78 is 2.13. The molecule has 4 nitrogen and oxygen atoms in total. The third-order valence-corrected chi connectivity index (χ3v) is 5.16. The summed E-state index contributed by atoms with van der Waals surface area (Å²) in [7, 11) is 2.02. The Morgan fingerprint density at radius 2 is 1.63 bits per heavy atom. The van der Waals surface area contributed by atoms with Gasteiger partial charge in [0.2, 0.25) is 5.69 Å². The molecule has 0 radical (unpaired) electrons. The van der Waals surface area contributed by atoms with Gasteiger partial charge >= 0.3 is 0 Å². The van der Waals surface area contributed by atoms with Crippen molar-refractivity contribution >= 4 is 17.0 Å². The number of nitrogens with zero attached hydrogens (tertiary/aromatic N) is 4. The zero-order valence-electron chi connectivity index (χ0n) is 15.6. The van der Waals surface area contributed by atoms with Crippen LogP contribution < -0.4 is 0 Å². The first-order valence-corrected chi connectivity index (χ1v) is 8.66. The molecule has 1 aliphatic rings. The van der Waals surface area contributed by atoms with Crippen LogP contribution >= 0.6 is 0 Å². The topological polar surface area (TPSA) is 74.4 Å².